The lowest BCUT2D eigenvalue weighted by atomic mass is 10.0. The summed E-state index contributed by atoms with van der Waals surface area (Å²) >= 11 is 0. The van der Waals surface area contributed by atoms with E-state index in [9.17, 15) is 14.3 Å². The van der Waals surface area contributed by atoms with Crippen molar-refractivity contribution in [1.82, 2.24) is 9.97 Å². The molecule has 3 aromatic carbocycles. The quantitative estimate of drug-likeness (QED) is 0.479. The molecule has 1 aromatic heterocycles. The van der Waals surface area contributed by atoms with Gasteiger partial charge in [-0.25, -0.2) is 19.2 Å². The molecule has 0 saturated heterocycles. The molecule has 0 amide bonds. The monoisotopic (exact) mass is 429 g/mol. The number of nitrogens with zero attached hydrogens (tertiary/aromatic N) is 3. The summed E-state index contributed by atoms with van der Waals surface area (Å²) in [5.74, 6) is 0.0525. The van der Waals surface area contributed by atoms with Gasteiger partial charge < -0.3 is 14.7 Å². The fourth-order valence-corrected chi connectivity index (χ4v) is 4.09. The minimum atomic E-state index is -1.02. The summed E-state index contributed by atoms with van der Waals surface area (Å²) < 4.78 is 19.0. The summed E-state index contributed by atoms with van der Waals surface area (Å²) in [6, 6.07) is 16.8. The Morgan fingerprint density at radius 3 is 2.59 bits per heavy atom. The number of carboxylic acids is 1. The fraction of sp³-hybridized carbons (Fsp3) is 0.160. The molecular weight excluding hydrogens is 409 g/mol. The van der Waals surface area contributed by atoms with E-state index >= 15 is 0 Å². The summed E-state index contributed by atoms with van der Waals surface area (Å²) in [7, 11) is 1.64. The van der Waals surface area contributed by atoms with Gasteiger partial charge in [-0.15, -0.1) is 0 Å². The highest BCUT2D eigenvalue weighted by Gasteiger charge is 2.24. The number of benzene rings is 3. The van der Waals surface area contributed by atoms with Gasteiger partial charge in [-0.2, -0.15) is 0 Å². The number of methoxy groups -OCH3 is 1. The molecule has 0 atom stereocenters. The van der Waals surface area contributed by atoms with Gasteiger partial charge >= 0.3 is 5.97 Å². The van der Waals surface area contributed by atoms with Crippen LogP contribution in [0.15, 0.2) is 60.7 Å². The van der Waals surface area contributed by atoms with Gasteiger partial charge in [0.15, 0.2) is 5.82 Å². The number of carboxylic acid groups (broad SMARTS) is 1. The zero-order chi connectivity index (χ0) is 22.2. The maximum Gasteiger partial charge on any atom is 0.335 e. The van der Waals surface area contributed by atoms with Crippen molar-refractivity contribution < 1.29 is 19.0 Å². The van der Waals surface area contributed by atoms with Crippen LogP contribution in [0.3, 0.4) is 0 Å². The second-order valence-corrected chi connectivity index (χ2v) is 7.66. The van der Waals surface area contributed by atoms with Gasteiger partial charge in [-0.1, -0.05) is 0 Å². The fourth-order valence-electron chi connectivity index (χ4n) is 4.09. The van der Waals surface area contributed by atoms with Crippen LogP contribution < -0.4 is 9.64 Å². The number of aryl methyl sites for hydroxylation is 1. The molecule has 1 N–H and O–H groups in total. The van der Waals surface area contributed by atoms with Crippen molar-refractivity contribution in [2.75, 3.05) is 18.6 Å². The molecule has 0 unspecified atom stereocenters. The van der Waals surface area contributed by atoms with Crippen LogP contribution in [-0.2, 0) is 6.42 Å². The van der Waals surface area contributed by atoms with Gasteiger partial charge in [0.1, 0.15) is 17.3 Å². The number of hydrogen-bond acceptors (Lipinski definition) is 5. The lowest BCUT2D eigenvalue weighted by Gasteiger charge is -2.32. The molecule has 5 rings (SSSR count). The zero-order valence-electron chi connectivity index (χ0n) is 17.4. The first-order valence-corrected chi connectivity index (χ1v) is 10.3. The maximum absolute atomic E-state index is 13.6. The van der Waals surface area contributed by atoms with Crippen LogP contribution in [0.1, 0.15) is 22.3 Å². The second kappa shape index (κ2) is 7.92. The Hall–Kier alpha value is -4.00. The van der Waals surface area contributed by atoms with Crippen molar-refractivity contribution in [2.24, 2.45) is 0 Å². The molecule has 0 fully saturated rings. The average molecular weight is 429 g/mol. The van der Waals surface area contributed by atoms with Gasteiger partial charge in [0.05, 0.1) is 23.7 Å². The molecule has 0 bridgehead atoms. The van der Waals surface area contributed by atoms with Crippen LogP contribution in [0.25, 0.3) is 22.3 Å². The number of aromatic nitrogens is 2. The number of halogens is 1. The zero-order valence-corrected chi connectivity index (χ0v) is 17.4. The summed E-state index contributed by atoms with van der Waals surface area (Å²) in [5, 5.41) is 9.39. The third-order valence-electron chi connectivity index (χ3n) is 5.67. The molecule has 2 heterocycles. The highest BCUT2D eigenvalue weighted by molar-refractivity contribution is 5.94. The molecule has 1 aliphatic rings. The molecule has 6 nitrogen and oxygen atoms in total. The highest BCUT2D eigenvalue weighted by atomic mass is 19.1. The molecule has 0 spiro atoms. The van der Waals surface area contributed by atoms with E-state index in [-0.39, 0.29) is 11.4 Å². The van der Waals surface area contributed by atoms with Gasteiger partial charge in [-0.3, -0.25) is 0 Å². The van der Waals surface area contributed by atoms with Crippen molar-refractivity contribution in [2.45, 2.75) is 12.8 Å². The van der Waals surface area contributed by atoms with Gasteiger partial charge in [0, 0.05) is 17.8 Å². The SMILES string of the molecule is COc1ccc2c(c1)CCCN2c1nc2cc(C(=O)O)ccc2nc1-c1ccc(F)cc1. The molecule has 7 heteroatoms. The van der Waals surface area contributed by atoms with Crippen molar-refractivity contribution in [1.29, 1.82) is 0 Å². The molecule has 160 valence electrons. The smallest absolute Gasteiger partial charge is 0.335 e. The minimum absolute atomic E-state index is 0.149. The lowest BCUT2D eigenvalue weighted by Crippen LogP contribution is -2.26. The van der Waals surface area contributed by atoms with Crippen LogP contribution in [0.5, 0.6) is 5.75 Å². The van der Waals surface area contributed by atoms with E-state index in [0.29, 0.717) is 22.5 Å². The van der Waals surface area contributed by atoms with Gasteiger partial charge in [0.25, 0.3) is 0 Å². The Balaban J connectivity index is 1.74. The number of rotatable bonds is 4. The van der Waals surface area contributed by atoms with Crippen molar-refractivity contribution >= 4 is 28.5 Å². The van der Waals surface area contributed by atoms with Crippen LogP contribution in [0.4, 0.5) is 15.9 Å². The number of carbonyl (C=O) groups is 1. The van der Waals surface area contributed by atoms with Crippen molar-refractivity contribution in [3.05, 3.63) is 77.6 Å². The van der Waals surface area contributed by atoms with Gasteiger partial charge in [-0.05, 0) is 79.1 Å². The molecule has 4 aromatic rings. The van der Waals surface area contributed by atoms with E-state index in [0.717, 1.165) is 42.0 Å². The molecular formula is C25H20FN3O3. The van der Waals surface area contributed by atoms with E-state index in [4.69, 9.17) is 14.7 Å². The van der Waals surface area contributed by atoms with Gasteiger partial charge in [0.2, 0.25) is 0 Å². The summed E-state index contributed by atoms with van der Waals surface area (Å²) in [5.41, 5.74) is 4.71. The van der Waals surface area contributed by atoms with Crippen molar-refractivity contribution in [3.63, 3.8) is 0 Å². The lowest BCUT2D eigenvalue weighted by molar-refractivity contribution is 0.0697. The summed E-state index contributed by atoms with van der Waals surface area (Å²) in [4.78, 5) is 23.2. The molecule has 0 saturated carbocycles. The van der Waals surface area contributed by atoms with E-state index in [1.165, 1.54) is 24.3 Å². The van der Waals surface area contributed by atoms with Crippen LogP contribution >= 0.6 is 0 Å². The number of fused-ring (bicyclic) bond motifs is 2. The third-order valence-corrected chi connectivity index (χ3v) is 5.67. The Kier molecular flexibility index (Phi) is 4.93. The second-order valence-electron chi connectivity index (χ2n) is 7.66. The summed E-state index contributed by atoms with van der Waals surface area (Å²) in [6.07, 6.45) is 1.83. The topological polar surface area (TPSA) is 75.5 Å². The molecule has 1 aliphatic heterocycles. The standard InChI is InChI=1S/C25H20FN3O3/c1-32-19-9-11-22-16(13-19)3-2-12-29(22)24-23(15-4-7-18(26)8-5-15)27-20-10-6-17(25(30)31)14-21(20)28-24/h4-11,13-14H,2-3,12H2,1H3,(H,30,31). The maximum atomic E-state index is 13.6. The largest absolute Gasteiger partial charge is 0.497 e. The minimum Gasteiger partial charge on any atom is -0.497 e. The Labute approximate surface area is 183 Å². The third kappa shape index (κ3) is 3.51. The Bertz CT molecular complexity index is 1340. The molecule has 0 radical (unpaired) electrons. The highest BCUT2D eigenvalue weighted by Crippen LogP contribution is 2.39. The summed E-state index contributed by atoms with van der Waals surface area (Å²) in [6.45, 7) is 0.729. The Morgan fingerprint density at radius 1 is 1.03 bits per heavy atom. The molecule has 32 heavy (non-hydrogen) atoms. The van der Waals surface area contributed by atoms with E-state index < -0.39 is 5.97 Å². The van der Waals surface area contributed by atoms with E-state index in [2.05, 4.69) is 4.90 Å². The number of anilines is 2. The normalized spacial score (nSPS) is 13.1. The van der Waals surface area contributed by atoms with E-state index in [1.54, 1.807) is 25.3 Å². The predicted octanol–water partition coefficient (Wildman–Crippen LogP) is 5.23. The first-order valence-electron chi connectivity index (χ1n) is 10.3. The number of hydrogen-bond donors (Lipinski definition) is 1. The first kappa shape index (κ1) is 19.9. The van der Waals surface area contributed by atoms with Crippen LogP contribution in [0.2, 0.25) is 0 Å². The number of ether oxygens (including phenoxy) is 1. The Morgan fingerprint density at radius 2 is 1.84 bits per heavy atom. The molecule has 0 aliphatic carbocycles. The predicted molar refractivity (Wildman–Crippen MR) is 120 cm³/mol. The van der Waals surface area contributed by atoms with Crippen LogP contribution in [0, 0.1) is 5.82 Å². The first-order chi connectivity index (χ1) is 15.5. The van der Waals surface area contributed by atoms with Crippen LogP contribution in [-0.4, -0.2) is 34.7 Å². The average Bonchev–Trinajstić information content (AvgIpc) is 2.82. The van der Waals surface area contributed by atoms with E-state index in [1.807, 2.05) is 18.2 Å². The number of aromatic carboxylic acids is 1. The van der Waals surface area contributed by atoms with Crippen molar-refractivity contribution in [3.8, 4) is 17.0 Å².